The van der Waals surface area contributed by atoms with Gasteiger partial charge in [-0.1, -0.05) is 44.2 Å². The number of hydrogen-bond acceptors (Lipinski definition) is 5. The Kier molecular flexibility index (Phi) is 8.98. The molecule has 0 spiro atoms. The first-order chi connectivity index (χ1) is 12.6. The number of methoxy groups -OCH3 is 1. The maximum Gasteiger partial charge on any atom is 0.408 e. The average Bonchev–Trinajstić information content (AvgIpc) is 2.56. The summed E-state index contributed by atoms with van der Waals surface area (Å²) < 4.78 is 10.2. The van der Waals surface area contributed by atoms with Crippen LogP contribution in [0.5, 0.6) is 0 Å². The minimum Gasteiger partial charge on any atom is -0.467 e. The van der Waals surface area contributed by atoms with Crippen LogP contribution in [-0.2, 0) is 20.7 Å². The molecular weight excluding hydrogens is 344 g/mol. The fourth-order valence-corrected chi connectivity index (χ4v) is 2.48. The normalized spacial score (nSPS) is 14.0. The molecule has 0 aliphatic rings. The molecule has 6 heteroatoms. The molecule has 0 fully saturated rings. The number of benzene rings is 1. The van der Waals surface area contributed by atoms with E-state index < -0.39 is 23.8 Å². The third kappa shape index (κ3) is 9.78. The van der Waals surface area contributed by atoms with E-state index in [-0.39, 0.29) is 11.9 Å². The molecule has 0 radical (unpaired) electrons. The highest BCUT2D eigenvalue weighted by atomic mass is 16.6. The molecule has 150 valence electrons. The molecule has 6 nitrogen and oxygen atoms in total. The number of carbonyl (C=O) groups is 2. The predicted octanol–water partition coefficient (Wildman–Crippen LogP) is 3.78. The lowest BCUT2D eigenvalue weighted by atomic mass is 10.0. The van der Waals surface area contributed by atoms with E-state index >= 15 is 0 Å². The van der Waals surface area contributed by atoms with Crippen LogP contribution in [0.25, 0.3) is 0 Å². The van der Waals surface area contributed by atoms with Gasteiger partial charge in [0.15, 0.2) is 0 Å². The average molecular weight is 376 g/mol. The molecule has 1 aromatic carbocycles. The molecule has 1 amide bonds. The van der Waals surface area contributed by atoms with E-state index in [1.807, 2.05) is 65.0 Å². The number of aliphatic imine (C=N–C) groups is 1. The van der Waals surface area contributed by atoms with Gasteiger partial charge in [-0.05, 0) is 45.1 Å². The Balaban J connectivity index is 2.93. The van der Waals surface area contributed by atoms with Gasteiger partial charge in [0.05, 0.1) is 13.2 Å². The molecule has 0 aromatic heterocycles. The second-order valence-corrected chi connectivity index (χ2v) is 7.91. The van der Waals surface area contributed by atoms with E-state index in [1.165, 1.54) is 7.11 Å². The summed E-state index contributed by atoms with van der Waals surface area (Å²) in [6.45, 7) is 9.46. The largest absolute Gasteiger partial charge is 0.467 e. The van der Waals surface area contributed by atoms with Crippen LogP contribution in [0.15, 0.2) is 35.3 Å². The van der Waals surface area contributed by atoms with Crippen molar-refractivity contribution in [2.45, 2.75) is 65.1 Å². The first-order valence-electron chi connectivity index (χ1n) is 9.25. The lowest BCUT2D eigenvalue weighted by molar-refractivity contribution is -0.142. The van der Waals surface area contributed by atoms with Crippen LogP contribution in [0, 0.1) is 5.92 Å². The number of carbonyl (C=O) groups excluding carboxylic acids is 2. The Morgan fingerprint density at radius 1 is 1.19 bits per heavy atom. The Morgan fingerprint density at radius 3 is 2.33 bits per heavy atom. The highest BCUT2D eigenvalue weighted by molar-refractivity contribution is 5.80. The second-order valence-electron chi connectivity index (χ2n) is 7.91. The molecule has 0 bridgehead atoms. The van der Waals surface area contributed by atoms with Gasteiger partial charge in [0.25, 0.3) is 0 Å². The molecule has 0 unspecified atom stereocenters. The fourth-order valence-electron chi connectivity index (χ4n) is 2.48. The van der Waals surface area contributed by atoms with Crippen molar-refractivity contribution in [2.75, 3.05) is 7.11 Å². The van der Waals surface area contributed by atoms with Crippen LogP contribution in [-0.4, -0.2) is 43.1 Å². The van der Waals surface area contributed by atoms with Crippen molar-refractivity contribution >= 4 is 18.3 Å². The van der Waals surface area contributed by atoms with E-state index in [0.717, 1.165) is 5.56 Å². The van der Waals surface area contributed by atoms with Crippen molar-refractivity contribution in [3.05, 3.63) is 35.9 Å². The van der Waals surface area contributed by atoms with E-state index in [1.54, 1.807) is 6.21 Å². The van der Waals surface area contributed by atoms with Gasteiger partial charge in [-0.2, -0.15) is 0 Å². The minimum absolute atomic E-state index is 0.289. The monoisotopic (exact) mass is 376 g/mol. The van der Waals surface area contributed by atoms with E-state index in [9.17, 15) is 9.59 Å². The summed E-state index contributed by atoms with van der Waals surface area (Å²) >= 11 is 0. The van der Waals surface area contributed by atoms with Gasteiger partial charge in [-0.25, -0.2) is 9.59 Å². The maximum absolute atomic E-state index is 12.2. The summed E-state index contributed by atoms with van der Waals surface area (Å²) in [5.74, 6) is -0.0895. The fraction of sp³-hybridized carbons (Fsp3) is 0.571. The third-order valence-electron chi connectivity index (χ3n) is 3.61. The summed E-state index contributed by atoms with van der Waals surface area (Å²) in [5, 5.41) is 2.83. The van der Waals surface area contributed by atoms with Gasteiger partial charge < -0.3 is 14.8 Å². The first kappa shape index (κ1) is 22.7. The molecule has 0 saturated heterocycles. The molecule has 2 atom stereocenters. The number of rotatable bonds is 8. The Hall–Kier alpha value is -2.37. The molecule has 0 saturated carbocycles. The van der Waals surface area contributed by atoms with Crippen LogP contribution in [0.1, 0.15) is 46.6 Å². The van der Waals surface area contributed by atoms with Crippen LogP contribution >= 0.6 is 0 Å². The molecule has 0 aliphatic heterocycles. The van der Waals surface area contributed by atoms with Crippen LogP contribution in [0.4, 0.5) is 4.79 Å². The van der Waals surface area contributed by atoms with Crippen molar-refractivity contribution in [1.29, 1.82) is 0 Å². The first-order valence-corrected chi connectivity index (χ1v) is 9.25. The smallest absolute Gasteiger partial charge is 0.408 e. The quantitative estimate of drug-likeness (QED) is 0.553. The summed E-state index contributed by atoms with van der Waals surface area (Å²) in [5.41, 5.74) is 0.452. The van der Waals surface area contributed by atoms with Crippen LogP contribution < -0.4 is 5.32 Å². The highest BCUT2D eigenvalue weighted by Crippen LogP contribution is 2.11. The number of hydrogen-bond donors (Lipinski definition) is 1. The highest BCUT2D eigenvalue weighted by Gasteiger charge is 2.22. The van der Waals surface area contributed by atoms with E-state index in [2.05, 4.69) is 10.3 Å². The number of nitrogens with zero attached hydrogens (tertiary/aromatic N) is 1. The zero-order valence-electron chi connectivity index (χ0n) is 17.2. The van der Waals surface area contributed by atoms with Crippen LogP contribution in [0.2, 0.25) is 0 Å². The van der Waals surface area contributed by atoms with Crippen LogP contribution in [0.3, 0.4) is 0 Å². The van der Waals surface area contributed by atoms with Crippen molar-refractivity contribution < 1.29 is 19.1 Å². The van der Waals surface area contributed by atoms with Crippen molar-refractivity contribution in [2.24, 2.45) is 10.9 Å². The van der Waals surface area contributed by atoms with Gasteiger partial charge in [-0.3, -0.25) is 4.99 Å². The summed E-state index contributed by atoms with van der Waals surface area (Å²) in [4.78, 5) is 28.6. The number of amides is 1. The van der Waals surface area contributed by atoms with Crippen molar-refractivity contribution in [3.63, 3.8) is 0 Å². The lowest BCUT2D eigenvalue weighted by Gasteiger charge is -2.22. The predicted molar refractivity (Wildman–Crippen MR) is 107 cm³/mol. The topological polar surface area (TPSA) is 77.0 Å². The molecule has 0 heterocycles. The molecule has 0 aliphatic carbocycles. The minimum atomic E-state index is -0.593. The molecular formula is C21H32N2O4. The number of ether oxygens (including phenoxy) is 2. The summed E-state index contributed by atoms with van der Waals surface area (Å²) in [6.07, 6.45) is 2.21. The lowest BCUT2D eigenvalue weighted by Crippen LogP contribution is -2.41. The zero-order chi connectivity index (χ0) is 20.4. The molecule has 27 heavy (non-hydrogen) atoms. The van der Waals surface area contributed by atoms with E-state index in [4.69, 9.17) is 9.47 Å². The van der Waals surface area contributed by atoms with Crippen molar-refractivity contribution in [1.82, 2.24) is 5.32 Å². The summed E-state index contributed by atoms with van der Waals surface area (Å²) in [6, 6.07) is 8.77. The Morgan fingerprint density at radius 2 is 1.81 bits per heavy atom. The molecule has 1 aromatic rings. The van der Waals surface area contributed by atoms with Gasteiger partial charge in [-0.15, -0.1) is 0 Å². The third-order valence-corrected chi connectivity index (χ3v) is 3.61. The van der Waals surface area contributed by atoms with E-state index in [0.29, 0.717) is 12.8 Å². The van der Waals surface area contributed by atoms with Crippen molar-refractivity contribution in [3.8, 4) is 0 Å². The summed E-state index contributed by atoms with van der Waals surface area (Å²) in [7, 11) is 1.35. The SMILES string of the molecule is COC(=O)[C@H](CC(C)C)/N=C/[C@H](Cc1ccccc1)NC(=O)OC(C)(C)C. The number of nitrogens with one attached hydrogen (secondary N) is 1. The van der Waals surface area contributed by atoms with Gasteiger partial charge in [0.2, 0.25) is 0 Å². The van der Waals surface area contributed by atoms with Gasteiger partial charge in [0, 0.05) is 6.21 Å². The Labute approximate surface area is 162 Å². The maximum atomic E-state index is 12.2. The standard InChI is InChI=1S/C21H32N2O4/c1-15(2)12-18(19(24)26-6)22-14-17(13-16-10-8-7-9-11-16)23-20(25)27-21(3,4)5/h7-11,14-15,17-18H,12-13H2,1-6H3,(H,23,25)/b22-14+/t17-,18-/m0/s1. The molecule has 1 rings (SSSR count). The zero-order valence-corrected chi connectivity index (χ0v) is 17.2. The molecule has 1 N–H and O–H groups in total. The van der Waals surface area contributed by atoms with Gasteiger partial charge in [0.1, 0.15) is 11.6 Å². The number of alkyl carbamates (subject to hydrolysis) is 1. The second kappa shape index (κ2) is 10.7. The Bertz CT molecular complexity index is 621. The number of esters is 1. The van der Waals surface area contributed by atoms with Gasteiger partial charge >= 0.3 is 12.1 Å².